The maximum atomic E-state index is 13.0. The number of para-hydroxylation sites is 1. The Balaban J connectivity index is 1.57. The van der Waals surface area contributed by atoms with Crippen LogP contribution in [0.1, 0.15) is 15.9 Å². The van der Waals surface area contributed by atoms with Crippen LogP contribution in [0, 0.1) is 0 Å². The third-order valence-corrected chi connectivity index (χ3v) is 5.41. The van der Waals surface area contributed by atoms with Gasteiger partial charge in [0.2, 0.25) is 0 Å². The van der Waals surface area contributed by atoms with E-state index in [1.807, 2.05) is 12.1 Å². The Morgan fingerprint density at radius 3 is 2.16 bits per heavy atom. The zero-order chi connectivity index (χ0) is 23.1. The summed E-state index contributed by atoms with van der Waals surface area (Å²) >= 11 is 0. The third kappa shape index (κ3) is 4.99. The van der Waals surface area contributed by atoms with Crippen molar-refractivity contribution in [3.8, 4) is 23.0 Å². The van der Waals surface area contributed by atoms with Crippen LogP contribution in [0.25, 0.3) is 0 Å². The predicted octanol–water partition coefficient (Wildman–Crippen LogP) is 2.39. The zero-order valence-corrected chi connectivity index (χ0v) is 18.8. The monoisotopic (exact) mass is 443 g/mol. The van der Waals surface area contributed by atoms with Gasteiger partial charge in [0.15, 0.2) is 11.5 Å². The largest absolute Gasteiger partial charge is 0.497 e. The van der Waals surface area contributed by atoms with Crippen molar-refractivity contribution in [3.63, 3.8) is 0 Å². The van der Waals surface area contributed by atoms with E-state index in [1.54, 1.807) is 55.4 Å². The number of carbonyl (C=O) groups is 2. The Hall–Kier alpha value is -3.62. The van der Waals surface area contributed by atoms with Crippen LogP contribution < -0.4 is 24.3 Å². The molecule has 1 N–H and O–H groups in total. The molecule has 3 rings (SSSR count). The van der Waals surface area contributed by atoms with E-state index in [4.69, 9.17) is 18.9 Å². The van der Waals surface area contributed by atoms with Crippen molar-refractivity contribution >= 4 is 11.9 Å². The Morgan fingerprint density at radius 1 is 0.844 bits per heavy atom. The first-order valence-electron chi connectivity index (χ1n) is 10.3. The highest BCUT2D eigenvalue weighted by Crippen LogP contribution is 2.30. The van der Waals surface area contributed by atoms with Crippen LogP contribution in [0.15, 0.2) is 36.4 Å². The lowest BCUT2D eigenvalue weighted by atomic mass is 10.1. The lowest BCUT2D eigenvalue weighted by molar-refractivity contribution is 0.0661. The molecular formula is C23H29N3O6. The van der Waals surface area contributed by atoms with Gasteiger partial charge in [0.1, 0.15) is 11.5 Å². The van der Waals surface area contributed by atoms with Crippen molar-refractivity contribution in [1.29, 1.82) is 0 Å². The lowest BCUT2D eigenvalue weighted by Crippen LogP contribution is -2.53. The molecule has 3 amide bonds. The molecule has 0 aliphatic carbocycles. The molecule has 0 radical (unpaired) electrons. The Bertz CT molecular complexity index is 957. The number of carbonyl (C=O) groups excluding carboxylic acids is 2. The van der Waals surface area contributed by atoms with Gasteiger partial charge in [0, 0.05) is 44.4 Å². The van der Waals surface area contributed by atoms with Gasteiger partial charge >= 0.3 is 6.03 Å². The lowest BCUT2D eigenvalue weighted by Gasteiger charge is -2.35. The summed E-state index contributed by atoms with van der Waals surface area (Å²) in [5.74, 6) is 2.15. The van der Waals surface area contributed by atoms with Gasteiger partial charge in [0.25, 0.3) is 5.91 Å². The highest BCUT2D eigenvalue weighted by Gasteiger charge is 2.26. The molecule has 0 spiro atoms. The molecule has 1 saturated heterocycles. The maximum Gasteiger partial charge on any atom is 0.317 e. The molecule has 32 heavy (non-hydrogen) atoms. The second-order valence-corrected chi connectivity index (χ2v) is 7.16. The quantitative estimate of drug-likeness (QED) is 0.707. The molecule has 0 saturated carbocycles. The van der Waals surface area contributed by atoms with Crippen LogP contribution in [0.2, 0.25) is 0 Å². The summed E-state index contributed by atoms with van der Waals surface area (Å²) < 4.78 is 21.2. The minimum atomic E-state index is -0.191. The number of piperazine rings is 1. The number of rotatable bonds is 7. The van der Waals surface area contributed by atoms with Gasteiger partial charge in [-0.15, -0.1) is 0 Å². The van der Waals surface area contributed by atoms with Gasteiger partial charge in [-0.2, -0.15) is 0 Å². The minimum absolute atomic E-state index is 0.134. The number of hydrogen-bond donors (Lipinski definition) is 1. The smallest absolute Gasteiger partial charge is 0.317 e. The van der Waals surface area contributed by atoms with E-state index in [-0.39, 0.29) is 11.9 Å². The minimum Gasteiger partial charge on any atom is -0.497 e. The fourth-order valence-electron chi connectivity index (χ4n) is 3.63. The zero-order valence-electron chi connectivity index (χ0n) is 18.8. The van der Waals surface area contributed by atoms with Crippen molar-refractivity contribution in [3.05, 3.63) is 47.5 Å². The van der Waals surface area contributed by atoms with Gasteiger partial charge in [-0.1, -0.05) is 12.1 Å². The molecule has 0 unspecified atom stereocenters. The molecule has 9 nitrogen and oxygen atoms in total. The topological polar surface area (TPSA) is 89.6 Å². The first kappa shape index (κ1) is 23.1. The molecule has 1 aliphatic heterocycles. The van der Waals surface area contributed by atoms with Crippen LogP contribution in [0.5, 0.6) is 23.0 Å². The fraction of sp³-hybridized carbons (Fsp3) is 0.391. The van der Waals surface area contributed by atoms with Crippen LogP contribution in [0.4, 0.5) is 4.79 Å². The van der Waals surface area contributed by atoms with Crippen LogP contribution >= 0.6 is 0 Å². The molecular weight excluding hydrogens is 414 g/mol. The van der Waals surface area contributed by atoms with Crippen LogP contribution in [-0.2, 0) is 6.54 Å². The van der Waals surface area contributed by atoms with Crippen molar-refractivity contribution in [2.75, 3.05) is 54.6 Å². The average Bonchev–Trinajstić information content (AvgIpc) is 2.85. The van der Waals surface area contributed by atoms with Gasteiger partial charge in [0.05, 0.1) is 34.0 Å². The summed E-state index contributed by atoms with van der Waals surface area (Å²) in [6, 6.07) is 10.4. The summed E-state index contributed by atoms with van der Waals surface area (Å²) in [7, 11) is 6.22. The molecule has 0 aromatic heterocycles. The standard InChI is InChI=1S/C23H29N3O6/c1-29-17-8-9-18(20(14-17)31-3)22(27)25-10-12-26(13-11-25)23(28)24-15-16-6-5-7-19(30-2)21(16)32-4/h5-9,14H,10-13,15H2,1-4H3,(H,24,28). The van der Waals surface area contributed by atoms with Crippen molar-refractivity contribution in [2.45, 2.75) is 6.54 Å². The highest BCUT2D eigenvalue weighted by atomic mass is 16.5. The van der Waals surface area contributed by atoms with E-state index < -0.39 is 0 Å². The number of nitrogens with zero attached hydrogens (tertiary/aromatic N) is 2. The fourth-order valence-corrected chi connectivity index (χ4v) is 3.63. The summed E-state index contributed by atoms with van der Waals surface area (Å²) in [4.78, 5) is 29.0. The SMILES string of the molecule is COc1ccc(C(=O)N2CCN(C(=O)NCc3cccc(OC)c3OC)CC2)c(OC)c1. The van der Waals surface area contributed by atoms with Crippen LogP contribution in [0.3, 0.4) is 0 Å². The van der Waals surface area contributed by atoms with E-state index in [1.165, 1.54) is 7.11 Å². The highest BCUT2D eigenvalue weighted by molar-refractivity contribution is 5.97. The van der Waals surface area contributed by atoms with E-state index >= 15 is 0 Å². The van der Waals surface area contributed by atoms with Gasteiger partial charge in [-0.3, -0.25) is 4.79 Å². The van der Waals surface area contributed by atoms with E-state index in [9.17, 15) is 9.59 Å². The number of amides is 3. The normalized spacial score (nSPS) is 13.4. The van der Waals surface area contributed by atoms with Crippen molar-refractivity contribution < 1.29 is 28.5 Å². The van der Waals surface area contributed by atoms with Crippen molar-refractivity contribution in [1.82, 2.24) is 15.1 Å². The Labute approximate surface area is 187 Å². The third-order valence-electron chi connectivity index (χ3n) is 5.41. The van der Waals surface area contributed by atoms with E-state index in [2.05, 4.69) is 5.32 Å². The molecule has 9 heteroatoms. The summed E-state index contributed by atoms with van der Waals surface area (Å²) in [6.07, 6.45) is 0. The van der Waals surface area contributed by atoms with E-state index in [0.717, 1.165) is 5.56 Å². The van der Waals surface area contributed by atoms with Crippen molar-refractivity contribution in [2.24, 2.45) is 0 Å². The van der Waals surface area contributed by atoms with Gasteiger partial charge < -0.3 is 34.1 Å². The van der Waals surface area contributed by atoms with Crippen LogP contribution in [-0.4, -0.2) is 76.4 Å². The molecule has 1 heterocycles. The number of urea groups is 1. The maximum absolute atomic E-state index is 13.0. The molecule has 0 atom stereocenters. The number of methoxy groups -OCH3 is 4. The van der Waals surface area contributed by atoms with Gasteiger partial charge in [-0.05, 0) is 18.2 Å². The molecule has 1 aliphatic rings. The summed E-state index contributed by atoms with van der Waals surface area (Å²) in [5, 5.41) is 2.92. The predicted molar refractivity (Wildman–Crippen MR) is 119 cm³/mol. The molecule has 2 aromatic carbocycles. The number of ether oxygens (including phenoxy) is 4. The Kier molecular flexibility index (Phi) is 7.64. The number of benzene rings is 2. The summed E-state index contributed by atoms with van der Waals surface area (Å²) in [6.45, 7) is 2.05. The molecule has 172 valence electrons. The molecule has 0 bridgehead atoms. The molecule has 1 fully saturated rings. The average molecular weight is 444 g/mol. The second kappa shape index (κ2) is 10.6. The first-order chi connectivity index (χ1) is 15.5. The second-order valence-electron chi connectivity index (χ2n) is 7.16. The summed E-state index contributed by atoms with van der Waals surface area (Å²) in [5.41, 5.74) is 1.29. The van der Waals surface area contributed by atoms with E-state index in [0.29, 0.717) is 61.3 Å². The first-order valence-corrected chi connectivity index (χ1v) is 10.3. The number of hydrogen-bond acceptors (Lipinski definition) is 6. The van der Waals surface area contributed by atoms with Gasteiger partial charge in [-0.25, -0.2) is 4.79 Å². The molecule has 2 aromatic rings. The Morgan fingerprint density at radius 2 is 1.53 bits per heavy atom. The number of nitrogens with one attached hydrogen (secondary N) is 1.